The minimum absolute atomic E-state index is 0.00227. The van der Waals surface area contributed by atoms with Crippen molar-refractivity contribution >= 4 is 22.8 Å². The van der Waals surface area contributed by atoms with E-state index in [1.807, 2.05) is 0 Å². The summed E-state index contributed by atoms with van der Waals surface area (Å²) < 4.78 is 65.1. The first-order valence-electron chi connectivity index (χ1n) is 7.69. The Balaban J connectivity index is 2.06. The standard InChI is InChI=1S/C16H13F5N4OS/c1-7(9-3-5-10(6-4-9)27-16(19,20)21)25-14-11(12(24-25)13(17)18)15(26)23-8(2)22-14/h3-7,13H,1-2H3,(H,22,23,26)/t7-/m1/s1. The van der Waals surface area contributed by atoms with Gasteiger partial charge in [-0.1, -0.05) is 12.1 Å². The van der Waals surface area contributed by atoms with E-state index < -0.39 is 29.2 Å². The van der Waals surface area contributed by atoms with Gasteiger partial charge >= 0.3 is 5.51 Å². The molecule has 27 heavy (non-hydrogen) atoms. The molecule has 0 aliphatic rings. The third-order valence-corrected chi connectivity index (χ3v) is 4.62. The first kappa shape index (κ1) is 19.3. The van der Waals surface area contributed by atoms with Crippen molar-refractivity contribution in [1.29, 1.82) is 0 Å². The summed E-state index contributed by atoms with van der Waals surface area (Å²) in [5.74, 6) is 0.235. The maximum Gasteiger partial charge on any atom is 0.446 e. The van der Waals surface area contributed by atoms with Crippen molar-refractivity contribution in [3.05, 3.63) is 51.7 Å². The van der Waals surface area contributed by atoms with Crippen LogP contribution < -0.4 is 5.56 Å². The Hall–Kier alpha value is -2.43. The highest BCUT2D eigenvalue weighted by molar-refractivity contribution is 8.00. The molecule has 5 nitrogen and oxygen atoms in total. The summed E-state index contributed by atoms with van der Waals surface area (Å²) in [4.78, 5) is 18.6. The largest absolute Gasteiger partial charge is 0.446 e. The first-order valence-corrected chi connectivity index (χ1v) is 8.51. The minimum atomic E-state index is -4.40. The lowest BCUT2D eigenvalue weighted by Crippen LogP contribution is -2.13. The van der Waals surface area contributed by atoms with Gasteiger partial charge in [0.15, 0.2) is 5.65 Å². The van der Waals surface area contributed by atoms with Crippen LogP contribution in [0.3, 0.4) is 0 Å². The molecule has 0 saturated heterocycles. The molecule has 0 unspecified atom stereocenters. The number of aromatic amines is 1. The van der Waals surface area contributed by atoms with Gasteiger partial charge in [-0.3, -0.25) is 4.79 Å². The Morgan fingerprint density at radius 3 is 2.37 bits per heavy atom. The number of hydrogen-bond donors (Lipinski definition) is 1. The summed E-state index contributed by atoms with van der Waals surface area (Å²) in [7, 11) is 0. The average Bonchev–Trinajstić information content (AvgIpc) is 2.93. The Labute approximate surface area is 153 Å². The lowest BCUT2D eigenvalue weighted by molar-refractivity contribution is -0.0328. The molecule has 3 rings (SSSR count). The summed E-state index contributed by atoms with van der Waals surface area (Å²) in [6.07, 6.45) is -2.97. The average molecular weight is 404 g/mol. The van der Waals surface area contributed by atoms with Crippen LogP contribution in [0.5, 0.6) is 0 Å². The monoisotopic (exact) mass is 404 g/mol. The molecule has 1 N–H and O–H groups in total. The van der Waals surface area contributed by atoms with E-state index in [9.17, 15) is 26.7 Å². The predicted octanol–water partition coefficient (Wildman–Crippen LogP) is 4.59. The summed E-state index contributed by atoms with van der Waals surface area (Å²) in [6.45, 7) is 3.14. The molecule has 2 heterocycles. The van der Waals surface area contributed by atoms with Crippen LogP contribution in [-0.4, -0.2) is 25.3 Å². The molecule has 0 fully saturated rings. The maximum atomic E-state index is 13.3. The van der Waals surface area contributed by atoms with Crippen molar-refractivity contribution in [2.45, 2.75) is 36.7 Å². The lowest BCUT2D eigenvalue weighted by atomic mass is 10.1. The van der Waals surface area contributed by atoms with Gasteiger partial charge in [0.1, 0.15) is 16.9 Å². The molecule has 0 radical (unpaired) electrons. The van der Waals surface area contributed by atoms with E-state index in [2.05, 4.69) is 15.1 Å². The smallest absolute Gasteiger partial charge is 0.310 e. The summed E-state index contributed by atoms with van der Waals surface area (Å²) in [5.41, 5.74) is -5.28. The van der Waals surface area contributed by atoms with Crippen molar-refractivity contribution in [2.75, 3.05) is 0 Å². The van der Waals surface area contributed by atoms with E-state index in [0.29, 0.717) is 5.56 Å². The SMILES string of the molecule is Cc1nc2c(c(C(F)F)nn2[C@H](C)c2ccc(SC(F)(F)F)cc2)c(=O)[nH]1. The molecule has 1 atom stereocenters. The van der Waals surface area contributed by atoms with E-state index in [0.717, 1.165) is 0 Å². The molecule has 0 aliphatic heterocycles. The van der Waals surface area contributed by atoms with Crippen LogP contribution in [-0.2, 0) is 0 Å². The van der Waals surface area contributed by atoms with Crippen LogP contribution in [0.4, 0.5) is 22.0 Å². The molecule has 144 valence electrons. The summed E-state index contributed by atoms with van der Waals surface area (Å²) in [5, 5.41) is 3.55. The Bertz CT molecular complexity index is 1030. The van der Waals surface area contributed by atoms with Crippen molar-refractivity contribution in [2.24, 2.45) is 0 Å². The maximum absolute atomic E-state index is 13.3. The van der Waals surface area contributed by atoms with Gasteiger partial charge in [-0.15, -0.1) is 0 Å². The van der Waals surface area contributed by atoms with Gasteiger partial charge in [-0.25, -0.2) is 18.4 Å². The number of H-pyrrole nitrogens is 1. The van der Waals surface area contributed by atoms with E-state index in [4.69, 9.17) is 0 Å². The Kier molecular flexibility index (Phi) is 4.98. The van der Waals surface area contributed by atoms with E-state index >= 15 is 0 Å². The Morgan fingerprint density at radius 1 is 1.19 bits per heavy atom. The Morgan fingerprint density at radius 2 is 1.81 bits per heavy atom. The van der Waals surface area contributed by atoms with E-state index in [1.165, 1.54) is 35.9 Å². The zero-order valence-electron chi connectivity index (χ0n) is 14.0. The predicted molar refractivity (Wildman–Crippen MR) is 90.0 cm³/mol. The fourth-order valence-corrected chi connectivity index (χ4v) is 3.23. The number of aromatic nitrogens is 4. The molecule has 11 heteroatoms. The second kappa shape index (κ2) is 6.95. The number of aryl methyl sites for hydroxylation is 1. The topological polar surface area (TPSA) is 63.6 Å². The van der Waals surface area contributed by atoms with Gasteiger partial charge in [0.25, 0.3) is 12.0 Å². The second-order valence-corrected chi connectivity index (χ2v) is 6.91. The van der Waals surface area contributed by atoms with Crippen LogP contribution in [0.15, 0.2) is 34.0 Å². The summed E-state index contributed by atoms with van der Waals surface area (Å²) >= 11 is -0.248. The second-order valence-electron chi connectivity index (χ2n) is 5.77. The number of nitrogens with zero attached hydrogens (tertiary/aromatic N) is 3. The van der Waals surface area contributed by atoms with Crippen molar-refractivity contribution in [1.82, 2.24) is 19.7 Å². The molecule has 3 aromatic rings. The van der Waals surface area contributed by atoms with Gasteiger partial charge in [-0.2, -0.15) is 18.3 Å². The molecule has 0 aliphatic carbocycles. The molecule has 1 aromatic carbocycles. The first-order chi connectivity index (χ1) is 12.6. The molecule has 0 amide bonds. The van der Waals surface area contributed by atoms with Crippen molar-refractivity contribution in [3.63, 3.8) is 0 Å². The van der Waals surface area contributed by atoms with E-state index in [1.54, 1.807) is 6.92 Å². The van der Waals surface area contributed by atoms with Crippen molar-refractivity contribution in [3.8, 4) is 0 Å². The van der Waals surface area contributed by atoms with Crippen LogP contribution >= 0.6 is 11.8 Å². The molecule has 0 saturated carbocycles. The number of rotatable bonds is 4. The van der Waals surface area contributed by atoms with Crippen LogP contribution in [0.2, 0.25) is 0 Å². The number of hydrogen-bond acceptors (Lipinski definition) is 4. The highest BCUT2D eigenvalue weighted by Crippen LogP contribution is 2.37. The quantitative estimate of drug-likeness (QED) is 0.511. The van der Waals surface area contributed by atoms with Gasteiger partial charge in [0.2, 0.25) is 0 Å². The number of benzene rings is 1. The van der Waals surface area contributed by atoms with Crippen LogP contribution in [0.1, 0.15) is 36.5 Å². The fourth-order valence-electron chi connectivity index (χ4n) is 2.69. The van der Waals surface area contributed by atoms with E-state index in [-0.39, 0.29) is 33.5 Å². The number of nitrogens with one attached hydrogen (secondary N) is 1. The number of thioether (sulfide) groups is 1. The van der Waals surface area contributed by atoms with Gasteiger partial charge in [0.05, 0.1) is 6.04 Å². The molecule has 0 bridgehead atoms. The lowest BCUT2D eigenvalue weighted by Gasteiger charge is -2.14. The highest BCUT2D eigenvalue weighted by atomic mass is 32.2. The molecular weight excluding hydrogens is 391 g/mol. The highest BCUT2D eigenvalue weighted by Gasteiger charge is 2.29. The molecule has 2 aromatic heterocycles. The van der Waals surface area contributed by atoms with Gasteiger partial charge in [-0.05, 0) is 43.3 Å². The number of alkyl halides is 5. The van der Waals surface area contributed by atoms with Gasteiger partial charge in [0, 0.05) is 4.90 Å². The number of halogens is 5. The fraction of sp³-hybridized carbons (Fsp3) is 0.312. The van der Waals surface area contributed by atoms with Gasteiger partial charge < -0.3 is 4.98 Å². The van der Waals surface area contributed by atoms with Crippen LogP contribution in [0.25, 0.3) is 11.0 Å². The summed E-state index contributed by atoms with van der Waals surface area (Å²) in [6, 6.07) is 4.85. The third kappa shape index (κ3) is 3.97. The minimum Gasteiger partial charge on any atom is -0.310 e. The normalized spacial score (nSPS) is 13.5. The zero-order valence-corrected chi connectivity index (χ0v) is 14.8. The molecule has 0 spiro atoms. The molecular formula is C16H13F5N4OS. The van der Waals surface area contributed by atoms with Crippen LogP contribution in [0, 0.1) is 6.92 Å². The van der Waals surface area contributed by atoms with Crippen molar-refractivity contribution < 1.29 is 22.0 Å². The third-order valence-electron chi connectivity index (χ3n) is 3.88. The number of fused-ring (bicyclic) bond motifs is 1. The zero-order chi connectivity index (χ0) is 19.9.